The van der Waals surface area contributed by atoms with Gasteiger partial charge in [0.25, 0.3) is 5.91 Å². The summed E-state index contributed by atoms with van der Waals surface area (Å²) in [5.74, 6) is -2.00. The van der Waals surface area contributed by atoms with Crippen LogP contribution >= 0.6 is 0 Å². The number of nitrogens with two attached hydrogens (primary N) is 1. The molecule has 1 spiro atoms. The van der Waals surface area contributed by atoms with Crippen LogP contribution in [0.25, 0.3) is 0 Å². The van der Waals surface area contributed by atoms with E-state index in [1.54, 1.807) is 9.80 Å². The Balaban J connectivity index is 1.26. The van der Waals surface area contributed by atoms with Crippen molar-refractivity contribution in [2.24, 2.45) is 5.73 Å². The van der Waals surface area contributed by atoms with Gasteiger partial charge in [-0.25, -0.2) is 8.78 Å². The van der Waals surface area contributed by atoms with Crippen LogP contribution in [0.2, 0.25) is 0 Å². The molecular weight excluding hydrogens is 516 g/mol. The normalized spacial score (nSPS) is 20.2. The van der Waals surface area contributed by atoms with Gasteiger partial charge in [0, 0.05) is 30.9 Å². The molecule has 1 atom stereocenters. The van der Waals surface area contributed by atoms with Crippen molar-refractivity contribution in [1.29, 1.82) is 0 Å². The Hall–Kier alpha value is -3.53. The summed E-state index contributed by atoms with van der Waals surface area (Å²) in [6.07, 6.45) is 6.13. The van der Waals surface area contributed by atoms with Gasteiger partial charge < -0.3 is 25.8 Å². The molecule has 214 valence electrons. The average Bonchev–Trinajstić information content (AvgIpc) is 3.19. The fraction of sp³-hybridized carbons (Fsp3) is 0.500. The van der Waals surface area contributed by atoms with Gasteiger partial charge in [-0.05, 0) is 61.9 Å². The topological polar surface area (TPSA) is 99.0 Å². The number of anilines is 1. The van der Waals surface area contributed by atoms with Crippen molar-refractivity contribution < 1.29 is 23.2 Å². The van der Waals surface area contributed by atoms with E-state index in [4.69, 9.17) is 5.73 Å². The van der Waals surface area contributed by atoms with Gasteiger partial charge in [-0.3, -0.25) is 14.4 Å². The first-order valence-corrected chi connectivity index (χ1v) is 14.2. The minimum atomic E-state index is -0.959. The zero-order valence-corrected chi connectivity index (χ0v) is 22.7. The van der Waals surface area contributed by atoms with E-state index in [0.717, 1.165) is 37.4 Å². The maximum Gasteiger partial charge on any atom is 0.250 e. The fourth-order valence-corrected chi connectivity index (χ4v) is 6.42. The van der Waals surface area contributed by atoms with Crippen molar-refractivity contribution >= 4 is 23.4 Å². The monoisotopic (exact) mass is 553 g/mol. The third-order valence-corrected chi connectivity index (χ3v) is 8.48. The van der Waals surface area contributed by atoms with Crippen molar-refractivity contribution in [3.05, 3.63) is 65.7 Å². The van der Waals surface area contributed by atoms with Crippen LogP contribution in [0.5, 0.6) is 0 Å². The number of nitrogens with zero attached hydrogens (tertiary/aromatic N) is 3. The molecule has 5 rings (SSSR count). The SMILES string of the molecule is N[C@H](Cc1cc(F)cc(F)c1)C(=O)N1CCC2(CC1)C(=O)N(CC(=O)NC1CCCCC1)CN2c1ccccc1. The van der Waals surface area contributed by atoms with Gasteiger partial charge in [-0.2, -0.15) is 0 Å². The summed E-state index contributed by atoms with van der Waals surface area (Å²) in [5, 5.41) is 3.11. The van der Waals surface area contributed by atoms with E-state index in [1.807, 2.05) is 30.3 Å². The maximum absolute atomic E-state index is 13.9. The number of halogens is 2. The molecule has 10 heteroatoms. The second-order valence-corrected chi connectivity index (χ2v) is 11.3. The summed E-state index contributed by atoms with van der Waals surface area (Å²) >= 11 is 0. The Bertz CT molecular complexity index is 1210. The number of carbonyl (C=O) groups is 3. The number of nitrogens with one attached hydrogen (secondary N) is 1. The molecule has 0 bridgehead atoms. The zero-order chi connectivity index (χ0) is 28.3. The summed E-state index contributed by atoms with van der Waals surface area (Å²) in [6.45, 7) is 0.903. The first-order valence-electron chi connectivity index (χ1n) is 14.2. The number of piperidine rings is 1. The Kier molecular flexibility index (Phi) is 8.35. The minimum absolute atomic E-state index is 0.00185. The van der Waals surface area contributed by atoms with E-state index >= 15 is 0 Å². The summed E-state index contributed by atoms with van der Waals surface area (Å²) in [4.78, 5) is 45.3. The molecule has 0 aromatic heterocycles. The molecule has 3 amide bonds. The van der Waals surface area contributed by atoms with Crippen molar-refractivity contribution in [1.82, 2.24) is 15.1 Å². The van der Waals surface area contributed by atoms with Gasteiger partial charge in [0.2, 0.25) is 11.8 Å². The van der Waals surface area contributed by atoms with E-state index in [9.17, 15) is 23.2 Å². The molecule has 2 saturated heterocycles. The number of hydrogen-bond donors (Lipinski definition) is 2. The molecule has 2 heterocycles. The molecule has 2 aliphatic heterocycles. The van der Waals surface area contributed by atoms with Crippen LogP contribution in [0.15, 0.2) is 48.5 Å². The molecular formula is C30H37F2N5O3. The first-order chi connectivity index (χ1) is 19.2. The third kappa shape index (κ3) is 5.96. The van der Waals surface area contributed by atoms with Crippen LogP contribution in [0.4, 0.5) is 14.5 Å². The highest BCUT2D eigenvalue weighted by Gasteiger charge is 2.54. The van der Waals surface area contributed by atoms with Crippen LogP contribution in [-0.4, -0.2) is 71.4 Å². The third-order valence-electron chi connectivity index (χ3n) is 8.48. The molecule has 3 aliphatic rings. The lowest BCUT2D eigenvalue weighted by atomic mass is 9.85. The number of para-hydroxylation sites is 1. The van der Waals surface area contributed by atoms with E-state index in [2.05, 4.69) is 10.2 Å². The van der Waals surface area contributed by atoms with Crippen LogP contribution in [0.1, 0.15) is 50.5 Å². The predicted molar refractivity (Wildman–Crippen MR) is 147 cm³/mol. The van der Waals surface area contributed by atoms with Crippen molar-refractivity contribution in [3.8, 4) is 0 Å². The molecule has 40 heavy (non-hydrogen) atoms. The smallest absolute Gasteiger partial charge is 0.250 e. The number of likely N-dealkylation sites (tertiary alicyclic amines) is 1. The highest BCUT2D eigenvalue weighted by Crippen LogP contribution is 2.39. The fourth-order valence-electron chi connectivity index (χ4n) is 6.42. The lowest BCUT2D eigenvalue weighted by molar-refractivity contribution is -0.140. The molecule has 0 unspecified atom stereocenters. The quantitative estimate of drug-likeness (QED) is 0.550. The minimum Gasteiger partial charge on any atom is -0.352 e. The molecule has 0 radical (unpaired) electrons. The van der Waals surface area contributed by atoms with Crippen LogP contribution in [-0.2, 0) is 20.8 Å². The van der Waals surface area contributed by atoms with E-state index in [1.165, 1.54) is 18.6 Å². The first kappa shape index (κ1) is 28.0. The molecule has 1 aliphatic carbocycles. The van der Waals surface area contributed by atoms with E-state index < -0.39 is 23.2 Å². The van der Waals surface area contributed by atoms with Crippen LogP contribution in [0, 0.1) is 11.6 Å². The average molecular weight is 554 g/mol. The highest BCUT2D eigenvalue weighted by molar-refractivity contribution is 5.96. The molecule has 2 aromatic rings. The molecule has 3 fully saturated rings. The standard InChI is InChI=1S/C30H37F2N5O3/c31-22-15-21(16-23(32)18-22)17-26(33)28(39)35-13-11-30(12-14-35)29(40)36(20-37(30)25-9-5-2-6-10-25)19-27(38)34-24-7-3-1-4-8-24/h2,5-6,9-10,15-16,18,24,26H,1,3-4,7-8,11-14,17,19-20,33H2,(H,34,38)/t26-/m1/s1. The van der Waals surface area contributed by atoms with Gasteiger partial charge in [-0.15, -0.1) is 0 Å². The summed E-state index contributed by atoms with van der Waals surface area (Å²) in [7, 11) is 0. The largest absolute Gasteiger partial charge is 0.352 e. The summed E-state index contributed by atoms with van der Waals surface area (Å²) in [6, 6.07) is 12.0. The van der Waals surface area contributed by atoms with E-state index in [-0.39, 0.29) is 36.7 Å². The Morgan fingerprint density at radius 1 is 1.00 bits per heavy atom. The zero-order valence-electron chi connectivity index (χ0n) is 22.7. The molecule has 8 nitrogen and oxygen atoms in total. The van der Waals surface area contributed by atoms with Gasteiger partial charge >= 0.3 is 0 Å². The summed E-state index contributed by atoms with van der Waals surface area (Å²) in [5.41, 5.74) is 6.48. The maximum atomic E-state index is 13.9. The number of hydrogen-bond acceptors (Lipinski definition) is 5. The van der Waals surface area contributed by atoms with Gasteiger partial charge in [0.05, 0.1) is 12.7 Å². The number of benzene rings is 2. The predicted octanol–water partition coefficient (Wildman–Crippen LogP) is 2.95. The van der Waals surface area contributed by atoms with Gasteiger partial charge in [0.15, 0.2) is 0 Å². The number of amides is 3. The van der Waals surface area contributed by atoms with Gasteiger partial charge in [0.1, 0.15) is 23.7 Å². The highest BCUT2D eigenvalue weighted by atomic mass is 19.1. The van der Waals surface area contributed by atoms with Gasteiger partial charge in [-0.1, -0.05) is 37.5 Å². The second-order valence-electron chi connectivity index (χ2n) is 11.3. The number of carbonyl (C=O) groups excluding carboxylic acids is 3. The van der Waals surface area contributed by atoms with Crippen LogP contribution < -0.4 is 16.0 Å². The second kappa shape index (κ2) is 11.9. The van der Waals surface area contributed by atoms with Crippen molar-refractivity contribution in [3.63, 3.8) is 0 Å². The molecule has 1 saturated carbocycles. The summed E-state index contributed by atoms with van der Waals surface area (Å²) < 4.78 is 27.2. The number of rotatable bonds is 7. The van der Waals surface area contributed by atoms with Crippen molar-refractivity contribution in [2.75, 3.05) is 31.2 Å². The molecule has 2 aromatic carbocycles. The lowest BCUT2D eigenvalue weighted by Gasteiger charge is -2.43. The molecule has 3 N–H and O–H groups in total. The lowest BCUT2D eigenvalue weighted by Crippen LogP contribution is -2.59. The Morgan fingerprint density at radius 2 is 1.65 bits per heavy atom. The van der Waals surface area contributed by atoms with Crippen molar-refractivity contribution in [2.45, 2.75) is 69.0 Å². The van der Waals surface area contributed by atoms with Crippen LogP contribution in [0.3, 0.4) is 0 Å². The Morgan fingerprint density at radius 3 is 2.30 bits per heavy atom. The Labute approximate surface area is 233 Å². The van der Waals surface area contributed by atoms with E-state index in [0.29, 0.717) is 38.2 Å².